The predicted molar refractivity (Wildman–Crippen MR) is 85.2 cm³/mol. The molecule has 1 fully saturated rings. The van der Waals surface area contributed by atoms with Gasteiger partial charge >= 0.3 is 6.18 Å². The fraction of sp³-hybridized carbons (Fsp3) is 0.938. The molecule has 0 unspecified atom stereocenters. The summed E-state index contributed by atoms with van der Waals surface area (Å²) in [5.74, 6) is -0.185. The van der Waals surface area contributed by atoms with Crippen LogP contribution in [0, 0.1) is 5.92 Å². The van der Waals surface area contributed by atoms with E-state index in [1.54, 1.807) is 0 Å². The number of carbonyl (C=O) groups is 1. The maximum Gasteiger partial charge on any atom is 0.401 e. The predicted octanol–water partition coefficient (Wildman–Crippen LogP) is 2.50. The van der Waals surface area contributed by atoms with Gasteiger partial charge in [-0.25, -0.2) is 0 Å². The van der Waals surface area contributed by atoms with Gasteiger partial charge in [0.25, 0.3) is 0 Å². The summed E-state index contributed by atoms with van der Waals surface area (Å²) in [5, 5.41) is 2.93. The van der Waals surface area contributed by atoms with E-state index < -0.39 is 12.7 Å². The second-order valence-electron chi connectivity index (χ2n) is 6.88. The Morgan fingerprint density at radius 2 is 1.70 bits per heavy atom. The third-order valence-electron chi connectivity index (χ3n) is 4.36. The molecule has 23 heavy (non-hydrogen) atoms. The monoisotopic (exact) mass is 337 g/mol. The number of amides is 1. The van der Waals surface area contributed by atoms with E-state index in [-0.39, 0.29) is 11.8 Å². The number of alkyl halides is 3. The quantitative estimate of drug-likeness (QED) is 0.775. The van der Waals surface area contributed by atoms with Crippen LogP contribution in [0.5, 0.6) is 0 Å². The van der Waals surface area contributed by atoms with Crippen LogP contribution in [-0.2, 0) is 4.79 Å². The standard InChI is InChI=1S/C16H30F3N3O/c1-12(2)22(13(3)4)10-7-20-15(23)14-5-8-21(9-6-14)11-16(17,18)19/h12-14H,5-11H2,1-4H3,(H,20,23). The Hall–Kier alpha value is -0.820. The molecule has 1 amide bonds. The van der Waals surface area contributed by atoms with E-state index in [0.717, 1.165) is 6.54 Å². The molecule has 0 aromatic rings. The minimum absolute atomic E-state index is 0.0240. The molecule has 1 aliphatic rings. The summed E-state index contributed by atoms with van der Waals surface area (Å²) in [6, 6.07) is 0.829. The summed E-state index contributed by atoms with van der Waals surface area (Å²) in [7, 11) is 0. The number of nitrogens with one attached hydrogen (secondary N) is 1. The molecule has 1 rings (SSSR count). The molecular formula is C16H30F3N3O. The van der Waals surface area contributed by atoms with Gasteiger partial charge in [0.1, 0.15) is 0 Å². The molecule has 0 spiro atoms. The molecule has 7 heteroatoms. The van der Waals surface area contributed by atoms with Crippen molar-refractivity contribution in [1.29, 1.82) is 0 Å². The molecule has 4 nitrogen and oxygen atoms in total. The number of hydrogen-bond acceptors (Lipinski definition) is 3. The van der Waals surface area contributed by atoms with E-state index in [2.05, 4.69) is 37.9 Å². The first-order valence-electron chi connectivity index (χ1n) is 8.42. The molecular weight excluding hydrogens is 307 g/mol. The van der Waals surface area contributed by atoms with Crippen molar-refractivity contribution in [2.75, 3.05) is 32.7 Å². The van der Waals surface area contributed by atoms with Gasteiger partial charge in [-0.15, -0.1) is 0 Å². The largest absolute Gasteiger partial charge is 0.401 e. The Morgan fingerprint density at radius 3 is 2.13 bits per heavy atom. The molecule has 1 saturated heterocycles. The minimum Gasteiger partial charge on any atom is -0.355 e. The van der Waals surface area contributed by atoms with Crippen LogP contribution >= 0.6 is 0 Å². The summed E-state index contributed by atoms with van der Waals surface area (Å²) in [6.45, 7) is 9.65. The van der Waals surface area contributed by atoms with Gasteiger partial charge < -0.3 is 5.32 Å². The molecule has 136 valence electrons. The van der Waals surface area contributed by atoms with E-state index in [1.165, 1.54) is 4.90 Å². The second kappa shape index (κ2) is 8.87. The number of hydrogen-bond donors (Lipinski definition) is 1. The van der Waals surface area contributed by atoms with E-state index in [4.69, 9.17) is 0 Å². The van der Waals surface area contributed by atoms with Crippen LogP contribution in [0.4, 0.5) is 13.2 Å². The van der Waals surface area contributed by atoms with Crippen molar-refractivity contribution in [2.24, 2.45) is 5.92 Å². The third-order valence-corrected chi connectivity index (χ3v) is 4.36. The SMILES string of the molecule is CC(C)N(CCNC(=O)C1CCN(CC(F)(F)F)CC1)C(C)C. The van der Waals surface area contributed by atoms with Crippen molar-refractivity contribution in [2.45, 2.75) is 58.8 Å². The van der Waals surface area contributed by atoms with Crippen LogP contribution in [0.2, 0.25) is 0 Å². The van der Waals surface area contributed by atoms with E-state index >= 15 is 0 Å². The van der Waals surface area contributed by atoms with Crippen molar-refractivity contribution < 1.29 is 18.0 Å². The molecule has 0 atom stereocenters. The normalized spacial score (nSPS) is 18.2. The van der Waals surface area contributed by atoms with Gasteiger partial charge in [-0.2, -0.15) is 13.2 Å². The van der Waals surface area contributed by atoms with Crippen molar-refractivity contribution in [3.8, 4) is 0 Å². The number of likely N-dealkylation sites (tertiary alicyclic amines) is 1. The Morgan fingerprint density at radius 1 is 1.17 bits per heavy atom. The maximum absolute atomic E-state index is 12.3. The van der Waals surface area contributed by atoms with Gasteiger partial charge in [0.05, 0.1) is 6.54 Å². The lowest BCUT2D eigenvalue weighted by Gasteiger charge is -2.32. The highest BCUT2D eigenvalue weighted by atomic mass is 19.4. The maximum atomic E-state index is 12.3. The molecule has 0 saturated carbocycles. The van der Waals surface area contributed by atoms with Crippen LogP contribution in [0.1, 0.15) is 40.5 Å². The average Bonchev–Trinajstić information content (AvgIpc) is 2.41. The molecule has 0 aliphatic carbocycles. The van der Waals surface area contributed by atoms with E-state index in [9.17, 15) is 18.0 Å². The van der Waals surface area contributed by atoms with Gasteiger partial charge in [0, 0.05) is 31.1 Å². The number of nitrogens with zero attached hydrogens (tertiary/aromatic N) is 2. The van der Waals surface area contributed by atoms with Crippen LogP contribution in [0.25, 0.3) is 0 Å². The van der Waals surface area contributed by atoms with Gasteiger partial charge in [-0.1, -0.05) is 0 Å². The zero-order chi connectivity index (χ0) is 17.6. The fourth-order valence-corrected chi connectivity index (χ4v) is 3.17. The Labute approximate surface area is 137 Å². The first-order valence-corrected chi connectivity index (χ1v) is 8.42. The van der Waals surface area contributed by atoms with E-state index in [1.807, 2.05) is 0 Å². The average molecular weight is 337 g/mol. The zero-order valence-corrected chi connectivity index (χ0v) is 14.6. The Kier molecular flexibility index (Phi) is 7.80. The van der Waals surface area contributed by atoms with Crippen LogP contribution in [0.3, 0.4) is 0 Å². The highest BCUT2D eigenvalue weighted by Crippen LogP contribution is 2.22. The van der Waals surface area contributed by atoms with Crippen molar-refractivity contribution >= 4 is 5.91 Å². The fourth-order valence-electron chi connectivity index (χ4n) is 3.17. The van der Waals surface area contributed by atoms with Gasteiger partial charge in [0.2, 0.25) is 5.91 Å². The molecule has 0 aromatic carbocycles. The second-order valence-corrected chi connectivity index (χ2v) is 6.88. The minimum atomic E-state index is -4.16. The lowest BCUT2D eigenvalue weighted by Crippen LogP contribution is -2.46. The Balaban J connectivity index is 2.29. The van der Waals surface area contributed by atoms with Gasteiger partial charge in [-0.3, -0.25) is 14.6 Å². The van der Waals surface area contributed by atoms with Crippen LogP contribution in [0.15, 0.2) is 0 Å². The first-order chi connectivity index (χ1) is 10.6. The Bertz CT molecular complexity index is 356. The highest BCUT2D eigenvalue weighted by molar-refractivity contribution is 5.78. The number of rotatable bonds is 7. The smallest absolute Gasteiger partial charge is 0.355 e. The van der Waals surface area contributed by atoms with Crippen molar-refractivity contribution in [3.05, 3.63) is 0 Å². The topological polar surface area (TPSA) is 35.6 Å². The summed E-state index contributed by atoms with van der Waals surface area (Å²) >= 11 is 0. The van der Waals surface area contributed by atoms with Crippen LogP contribution < -0.4 is 5.32 Å². The number of piperidine rings is 1. The van der Waals surface area contributed by atoms with Gasteiger partial charge in [-0.05, 0) is 53.6 Å². The van der Waals surface area contributed by atoms with Crippen molar-refractivity contribution in [1.82, 2.24) is 15.1 Å². The lowest BCUT2D eigenvalue weighted by molar-refractivity contribution is -0.149. The number of carbonyl (C=O) groups excluding carboxylic acids is 1. The van der Waals surface area contributed by atoms with E-state index in [0.29, 0.717) is 44.6 Å². The zero-order valence-electron chi connectivity index (χ0n) is 14.6. The first kappa shape index (κ1) is 20.2. The lowest BCUT2D eigenvalue weighted by atomic mass is 9.96. The molecule has 1 aliphatic heterocycles. The summed E-state index contributed by atoms with van der Waals surface area (Å²) in [6.07, 6.45) is -3.16. The summed E-state index contributed by atoms with van der Waals surface area (Å²) in [5.41, 5.74) is 0. The molecule has 1 N–H and O–H groups in total. The summed E-state index contributed by atoms with van der Waals surface area (Å²) < 4.78 is 37.0. The number of halogens is 3. The van der Waals surface area contributed by atoms with Gasteiger partial charge in [0.15, 0.2) is 0 Å². The highest BCUT2D eigenvalue weighted by Gasteiger charge is 2.33. The summed E-state index contributed by atoms with van der Waals surface area (Å²) in [4.78, 5) is 15.8. The third kappa shape index (κ3) is 7.52. The molecule has 0 aromatic heterocycles. The van der Waals surface area contributed by atoms with Crippen LogP contribution in [-0.4, -0.2) is 66.7 Å². The van der Waals surface area contributed by atoms with Crippen molar-refractivity contribution in [3.63, 3.8) is 0 Å². The molecule has 0 bridgehead atoms. The molecule has 0 radical (unpaired) electrons. The molecule has 1 heterocycles.